The lowest BCUT2D eigenvalue weighted by Gasteiger charge is -2.21. The Bertz CT molecular complexity index is 358. The second kappa shape index (κ2) is 5.65. The van der Waals surface area contributed by atoms with Crippen molar-refractivity contribution in [1.29, 1.82) is 0 Å². The summed E-state index contributed by atoms with van der Waals surface area (Å²) in [7, 11) is -2.75. The van der Waals surface area contributed by atoms with Crippen LogP contribution < -0.4 is 5.32 Å². The van der Waals surface area contributed by atoms with Gasteiger partial charge in [0, 0.05) is 20.1 Å². The number of hydrogen-bond acceptors (Lipinski definition) is 4. The predicted molar refractivity (Wildman–Crippen MR) is 64.0 cm³/mol. The Morgan fingerprint density at radius 2 is 2.29 bits per heavy atom. The van der Waals surface area contributed by atoms with Gasteiger partial charge in [0.05, 0.1) is 12.9 Å². The Labute approximate surface area is 101 Å². The summed E-state index contributed by atoms with van der Waals surface area (Å²) in [5.74, 6) is -0.406. The first kappa shape index (κ1) is 14.2. The summed E-state index contributed by atoms with van der Waals surface area (Å²) in [5.41, 5.74) is 0. The molecule has 2 unspecified atom stereocenters. The van der Waals surface area contributed by atoms with E-state index in [1.54, 1.807) is 6.92 Å². The molecule has 7 heteroatoms. The molecule has 1 fully saturated rings. The van der Waals surface area contributed by atoms with Gasteiger partial charge in [-0.15, -0.1) is 0 Å². The number of likely N-dealkylation sites (tertiary alicyclic amines) is 1. The Morgan fingerprint density at radius 1 is 1.65 bits per heavy atom. The lowest BCUT2D eigenvalue weighted by atomic mass is 10.2. The van der Waals surface area contributed by atoms with Crippen LogP contribution in [0.15, 0.2) is 0 Å². The van der Waals surface area contributed by atoms with E-state index in [-0.39, 0.29) is 18.1 Å². The number of hydrogen-bond donors (Lipinski definition) is 1. The van der Waals surface area contributed by atoms with Crippen LogP contribution >= 0.6 is 7.37 Å². The van der Waals surface area contributed by atoms with E-state index < -0.39 is 13.4 Å². The van der Waals surface area contributed by atoms with E-state index in [0.717, 1.165) is 0 Å². The van der Waals surface area contributed by atoms with Crippen LogP contribution in [0.3, 0.4) is 0 Å². The van der Waals surface area contributed by atoms with Crippen LogP contribution in [-0.2, 0) is 18.7 Å². The van der Waals surface area contributed by atoms with E-state index in [4.69, 9.17) is 4.52 Å². The van der Waals surface area contributed by atoms with Crippen molar-refractivity contribution in [1.82, 2.24) is 10.2 Å². The Morgan fingerprint density at radius 3 is 2.82 bits per heavy atom. The minimum atomic E-state index is -2.75. The van der Waals surface area contributed by atoms with Gasteiger partial charge < -0.3 is 14.7 Å². The fraction of sp³-hybridized carbons (Fsp3) is 0.800. The molecule has 6 nitrogen and oxygen atoms in total. The van der Waals surface area contributed by atoms with Gasteiger partial charge in [-0.05, 0) is 13.3 Å². The fourth-order valence-electron chi connectivity index (χ4n) is 1.88. The normalized spacial score (nSPS) is 23.6. The summed E-state index contributed by atoms with van der Waals surface area (Å²) in [5, 5.41) is 2.58. The summed E-state index contributed by atoms with van der Waals surface area (Å²) >= 11 is 0. The van der Waals surface area contributed by atoms with Crippen molar-refractivity contribution >= 4 is 19.2 Å². The Kier molecular flexibility index (Phi) is 4.71. The third-order valence-electron chi connectivity index (χ3n) is 2.50. The number of nitrogens with one attached hydrogen (secondary N) is 1. The van der Waals surface area contributed by atoms with Crippen molar-refractivity contribution in [2.24, 2.45) is 0 Å². The number of rotatable bonds is 5. The molecule has 0 spiro atoms. The first-order valence-electron chi connectivity index (χ1n) is 5.62. The third kappa shape index (κ3) is 4.13. The maximum absolute atomic E-state index is 11.9. The van der Waals surface area contributed by atoms with Gasteiger partial charge in [-0.1, -0.05) is 0 Å². The van der Waals surface area contributed by atoms with E-state index in [1.165, 1.54) is 18.5 Å². The maximum atomic E-state index is 11.9. The van der Waals surface area contributed by atoms with Gasteiger partial charge in [-0.2, -0.15) is 0 Å². The van der Waals surface area contributed by atoms with Gasteiger partial charge >= 0.3 is 0 Å². The monoisotopic (exact) mass is 262 g/mol. The van der Waals surface area contributed by atoms with Gasteiger partial charge in [0.15, 0.2) is 0 Å². The van der Waals surface area contributed by atoms with Crippen molar-refractivity contribution in [2.75, 3.05) is 26.1 Å². The average molecular weight is 262 g/mol. The molecule has 2 amide bonds. The van der Waals surface area contributed by atoms with Crippen molar-refractivity contribution in [3.63, 3.8) is 0 Å². The van der Waals surface area contributed by atoms with Crippen molar-refractivity contribution in [3.8, 4) is 0 Å². The van der Waals surface area contributed by atoms with E-state index in [1.807, 2.05) is 0 Å². The van der Waals surface area contributed by atoms with Crippen molar-refractivity contribution in [2.45, 2.75) is 26.3 Å². The average Bonchev–Trinajstić information content (AvgIpc) is 2.48. The summed E-state index contributed by atoms with van der Waals surface area (Å²) in [4.78, 5) is 24.2. The standard InChI is InChI=1S/C10H19N2O4P/c1-4-16-17(3,15)7-12-6-5-9(10(12)14)11-8(2)13/h9H,4-7H2,1-3H3,(H,11,13). The van der Waals surface area contributed by atoms with Crippen LogP contribution in [0.2, 0.25) is 0 Å². The zero-order valence-electron chi connectivity index (χ0n) is 10.4. The highest BCUT2D eigenvalue weighted by Crippen LogP contribution is 2.43. The second-order valence-corrected chi connectivity index (χ2v) is 6.79. The molecule has 1 aliphatic rings. The molecule has 0 aromatic heterocycles. The summed E-state index contributed by atoms with van der Waals surface area (Å²) in [6, 6.07) is -0.478. The molecule has 1 heterocycles. The van der Waals surface area contributed by atoms with Crippen LogP contribution in [0.5, 0.6) is 0 Å². The minimum Gasteiger partial charge on any atom is -0.344 e. The molecule has 98 valence electrons. The Balaban J connectivity index is 2.56. The highest BCUT2D eigenvalue weighted by atomic mass is 31.2. The molecule has 0 aliphatic carbocycles. The summed E-state index contributed by atoms with van der Waals surface area (Å²) < 4.78 is 17.1. The van der Waals surface area contributed by atoms with Gasteiger partial charge in [-0.25, -0.2) is 0 Å². The zero-order chi connectivity index (χ0) is 13.1. The molecule has 0 saturated carbocycles. The van der Waals surface area contributed by atoms with E-state index in [0.29, 0.717) is 19.6 Å². The van der Waals surface area contributed by atoms with E-state index >= 15 is 0 Å². The first-order chi connectivity index (χ1) is 7.85. The molecule has 0 bridgehead atoms. The molecular weight excluding hydrogens is 243 g/mol. The SMILES string of the molecule is CCOP(C)(=O)CN1CCC(NC(C)=O)C1=O. The Hall–Kier alpha value is -0.870. The molecule has 0 aromatic rings. The lowest BCUT2D eigenvalue weighted by Crippen LogP contribution is -2.40. The third-order valence-corrected chi connectivity index (χ3v) is 4.16. The lowest BCUT2D eigenvalue weighted by molar-refractivity contribution is -0.131. The molecule has 17 heavy (non-hydrogen) atoms. The smallest absolute Gasteiger partial charge is 0.245 e. The van der Waals surface area contributed by atoms with Crippen LogP contribution in [0.4, 0.5) is 0 Å². The van der Waals surface area contributed by atoms with Gasteiger partial charge in [0.1, 0.15) is 6.04 Å². The molecule has 0 aromatic carbocycles. The zero-order valence-corrected chi connectivity index (χ0v) is 11.3. The molecule has 1 N–H and O–H groups in total. The highest BCUT2D eigenvalue weighted by molar-refractivity contribution is 7.58. The van der Waals surface area contributed by atoms with Gasteiger partial charge in [0.2, 0.25) is 19.2 Å². The largest absolute Gasteiger partial charge is 0.344 e. The molecule has 2 atom stereocenters. The molecular formula is C10H19N2O4P. The summed E-state index contributed by atoms with van der Waals surface area (Å²) in [6.07, 6.45) is 0.681. The topological polar surface area (TPSA) is 75.7 Å². The summed E-state index contributed by atoms with van der Waals surface area (Å²) in [6.45, 7) is 5.54. The number of nitrogens with zero attached hydrogens (tertiary/aromatic N) is 1. The first-order valence-corrected chi connectivity index (χ1v) is 7.88. The van der Waals surface area contributed by atoms with E-state index in [9.17, 15) is 14.2 Å². The quantitative estimate of drug-likeness (QED) is 0.737. The van der Waals surface area contributed by atoms with Crippen LogP contribution in [0.1, 0.15) is 20.3 Å². The van der Waals surface area contributed by atoms with Crippen LogP contribution in [0, 0.1) is 0 Å². The number of carbonyl (C=O) groups excluding carboxylic acids is 2. The van der Waals surface area contributed by atoms with Crippen molar-refractivity contribution < 1.29 is 18.7 Å². The van der Waals surface area contributed by atoms with E-state index in [2.05, 4.69) is 5.32 Å². The maximum Gasteiger partial charge on any atom is 0.245 e. The predicted octanol–water partition coefficient (Wildman–Crippen LogP) is 0.625. The van der Waals surface area contributed by atoms with Crippen LogP contribution in [-0.4, -0.2) is 48.9 Å². The molecule has 0 radical (unpaired) electrons. The van der Waals surface area contributed by atoms with Crippen molar-refractivity contribution in [3.05, 3.63) is 0 Å². The highest BCUT2D eigenvalue weighted by Gasteiger charge is 2.35. The molecule has 1 saturated heterocycles. The van der Waals surface area contributed by atoms with Gasteiger partial charge in [-0.3, -0.25) is 14.2 Å². The fourth-order valence-corrected chi connectivity index (χ4v) is 3.41. The second-order valence-electron chi connectivity index (χ2n) is 4.22. The number of amides is 2. The van der Waals surface area contributed by atoms with Gasteiger partial charge in [0.25, 0.3) is 0 Å². The minimum absolute atomic E-state index is 0.121. The molecule has 1 rings (SSSR count). The molecule has 1 aliphatic heterocycles. The van der Waals surface area contributed by atoms with Crippen LogP contribution in [0.25, 0.3) is 0 Å². The number of carbonyl (C=O) groups is 2.